The molecule has 0 N–H and O–H groups in total. The second kappa shape index (κ2) is 6.55. The summed E-state index contributed by atoms with van der Waals surface area (Å²) in [6, 6.07) is 0.371. The molecule has 1 fully saturated rings. The van der Waals surface area contributed by atoms with Crippen LogP contribution in [0.1, 0.15) is 33.6 Å². The van der Waals surface area contributed by atoms with Crippen LogP contribution in [0.2, 0.25) is 0 Å². The zero-order chi connectivity index (χ0) is 12.0. The van der Waals surface area contributed by atoms with Gasteiger partial charge in [-0.3, -0.25) is 9.69 Å². The van der Waals surface area contributed by atoms with E-state index < -0.39 is 0 Å². The number of rotatable bonds is 4. The number of carbonyl (C=O) groups excluding carboxylic acids is 1. The van der Waals surface area contributed by atoms with Crippen LogP contribution in [0.5, 0.6) is 0 Å². The number of likely N-dealkylation sites (tertiary alicyclic amines) is 1. The molecule has 1 rings (SSSR count). The van der Waals surface area contributed by atoms with E-state index in [-0.39, 0.29) is 5.91 Å². The molecule has 1 heterocycles. The standard InChI is InChI=1S/C13H22N2O/c1-4-14(5-2)10-6-7-11-15-12(3)8-9-13(15)16/h12H,4-5,8-11H2,1-3H3/t12-/m0/s1. The fraction of sp³-hybridized carbons (Fsp3) is 0.769. The highest BCUT2D eigenvalue weighted by atomic mass is 16.2. The van der Waals surface area contributed by atoms with Gasteiger partial charge in [-0.25, -0.2) is 0 Å². The maximum absolute atomic E-state index is 11.5. The summed E-state index contributed by atoms with van der Waals surface area (Å²) in [5.74, 6) is 6.49. The highest BCUT2D eigenvalue weighted by Crippen LogP contribution is 2.16. The summed E-state index contributed by atoms with van der Waals surface area (Å²) >= 11 is 0. The molecule has 0 saturated carbocycles. The normalized spacial score (nSPS) is 20.1. The fourth-order valence-electron chi connectivity index (χ4n) is 1.88. The number of nitrogens with zero attached hydrogens (tertiary/aromatic N) is 2. The first-order valence-electron chi connectivity index (χ1n) is 6.16. The Morgan fingerprint density at radius 2 is 2.06 bits per heavy atom. The summed E-state index contributed by atoms with van der Waals surface area (Å²) < 4.78 is 0. The largest absolute Gasteiger partial charge is 0.329 e. The molecule has 1 aliphatic heterocycles. The van der Waals surface area contributed by atoms with E-state index in [0.29, 0.717) is 19.0 Å². The SMILES string of the molecule is CCN(CC)CC#CCN1C(=O)CC[C@@H]1C. The van der Waals surface area contributed by atoms with Crippen molar-refractivity contribution in [1.29, 1.82) is 0 Å². The van der Waals surface area contributed by atoms with E-state index in [1.807, 2.05) is 4.90 Å². The summed E-state index contributed by atoms with van der Waals surface area (Å²) in [6.07, 6.45) is 1.68. The highest BCUT2D eigenvalue weighted by Gasteiger charge is 2.26. The molecule has 0 aliphatic carbocycles. The molecule has 0 radical (unpaired) electrons. The first kappa shape index (κ1) is 13.1. The van der Waals surface area contributed by atoms with Gasteiger partial charge in [-0.2, -0.15) is 0 Å². The molecule has 1 aliphatic rings. The van der Waals surface area contributed by atoms with Crippen LogP contribution >= 0.6 is 0 Å². The maximum Gasteiger partial charge on any atom is 0.223 e. The molecule has 0 aromatic heterocycles. The predicted octanol–water partition coefficient (Wildman–Crippen LogP) is 1.34. The van der Waals surface area contributed by atoms with Crippen LogP contribution in [0.3, 0.4) is 0 Å². The van der Waals surface area contributed by atoms with E-state index in [4.69, 9.17) is 0 Å². The molecule has 0 unspecified atom stereocenters. The molecular weight excluding hydrogens is 200 g/mol. The molecule has 1 amide bonds. The maximum atomic E-state index is 11.5. The Bertz CT molecular complexity index is 286. The summed E-state index contributed by atoms with van der Waals surface area (Å²) in [6.45, 7) is 9.84. The first-order valence-corrected chi connectivity index (χ1v) is 6.16. The van der Waals surface area contributed by atoms with Crippen LogP contribution in [0.4, 0.5) is 0 Å². The minimum Gasteiger partial charge on any atom is -0.329 e. The smallest absolute Gasteiger partial charge is 0.223 e. The molecule has 0 bridgehead atoms. The lowest BCUT2D eigenvalue weighted by Crippen LogP contribution is -2.31. The zero-order valence-electron chi connectivity index (χ0n) is 10.6. The molecular formula is C13H22N2O. The van der Waals surface area contributed by atoms with Gasteiger partial charge in [0.2, 0.25) is 5.91 Å². The summed E-state index contributed by atoms with van der Waals surface area (Å²) in [5.41, 5.74) is 0. The van der Waals surface area contributed by atoms with Gasteiger partial charge >= 0.3 is 0 Å². The van der Waals surface area contributed by atoms with Gasteiger partial charge in [0.05, 0.1) is 13.1 Å². The quantitative estimate of drug-likeness (QED) is 0.670. The highest BCUT2D eigenvalue weighted by molar-refractivity contribution is 5.78. The van der Waals surface area contributed by atoms with Crippen molar-refractivity contribution in [3.8, 4) is 11.8 Å². The Hall–Kier alpha value is -1.01. The minimum atomic E-state index is 0.254. The average molecular weight is 222 g/mol. The van der Waals surface area contributed by atoms with Crippen molar-refractivity contribution in [3.63, 3.8) is 0 Å². The molecule has 16 heavy (non-hydrogen) atoms. The monoisotopic (exact) mass is 222 g/mol. The molecule has 3 nitrogen and oxygen atoms in total. The van der Waals surface area contributed by atoms with E-state index in [2.05, 4.69) is 37.5 Å². The van der Waals surface area contributed by atoms with Crippen molar-refractivity contribution in [3.05, 3.63) is 0 Å². The topological polar surface area (TPSA) is 23.6 Å². The number of carbonyl (C=O) groups is 1. The van der Waals surface area contributed by atoms with Gasteiger partial charge in [-0.05, 0) is 26.4 Å². The van der Waals surface area contributed by atoms with Gasteiger partial charge in [-0.15, -0.1) is 0 Å². The van der Waals surface area contributed by atoms with Crippen LogP contribution < -0.4 is 0 Å². The Balaban J connectivity index is 2.33. The third-order valence-corrected chi connectivity index (χ3v) is 3.20. The Morgan fingerprint density at radius 1 is 1.38 bits per heavy atom. The fourth-order valence-corrected chi connectivity index (χ4v) is 1.88. The lowest BCUT2D eigenvalue weighted by molar-refractivity contribution is -0.128. The van der Waals surface area contributed by atoms with Crippen LogP contribution in [0.15, 0.2) is 0 Å². The molecule has 1 atom stereocenters. The van der Waals surface area contributed by atoms with Crippen LogP contribution in [0.25, 0.3) is 0 Å². The first-order chi connectivity index (χ1) is 7.69. The summed E-state index contributed by atoms with van der Waals surface area (Å²) in [5, 5.41) is 0. The van der Waals surface area contributed by atoms with Crippen LogP contribution in [-0.4, -0.2) is 47.9 Å². The number of amides is 1. The predicted molar refractivity (Wildman–Crippen MR) is 66.0 cm³/mol. The second-order valence-electron chi connectivity index (χ2n) is 4.22. The van der Waals surface area contributed by atoms with E-state index in [0.717, 1.165) is 26.1 Å². The minimum absolute atomic E-state index is 0.254. The molecule has 1 saturated heterocycles. The Morgan fingerprint density at radius 3 is 2.56 bits per heavy atom. The lowest BCUT2D eigenvalue weighted by atomic mass is 10.2. The van der Waals surface area contributed by atoms with Crippen molar-refractivity contribution in [2.75, 3.05) is 26.2 Å². The van der Waals surface area contributed by atoms with E-state index in [1.54, 1.807) is 0 Å². The van der Waals surface area contributed by atoms with Gasteiger partial charge in [0.1, 0.15) is 0 Å². The number of hydrogen-bond acceptors (Lipinski definition) is 2. The third kappa shape index (κ3) is 3.53. The Kier molecular flexibility index (Phi) is 5.34. The average Bonchev–Trinajstić information content (AvgIpc) is 2.60. The van der Waals surface area contributed by atoms with Crippen molar-refractivity contribution < 1.29 is 4.79 Å². The molecule has 0 aromatic rings. The molecule has 0 aromatic carbocycles. The lowest BCUT2D eigenvalue weighted by Gasteiger charge is -2.18. The van der Waals surface area contributed by atoms with Gasteiger partial charge < -0.3 is 4.90 Å². The van der Waals surface area contributed by atoms with Gasteiger partial charge in [0.15, 0.2) is 0 Å². The van der Waals surface area contributed by atoms with Gasteiger partial charge in [-0.1, -0.05) is 25.7 Å². The molecule has 3 heteroatoms. The second-order valence-corrected chi connectivity index (χ2v) is 4.22. The van der Waals surface area contributed by atoms with Crippen molar-refractivity contribution in [2.24, 2.45) is 0 Å². The zero-order valence-corrected chi connectivity index (χ0v) is 10.6. The van der Waals surface area contributed by atoms with Crippen molar-refractivity contribution in [1.82, 2.24) is 9.80 Å². The van der Waals surface area contributed by atoms with Gasteiger partial charge in [0.25, 0.3) is 0 Å². The van der Waals surface area contributed by atoms with E-state index in [9.17, 15) is 4.79 Å². The number of hydrogen-bond donors (Lipinski definition) is 0. The van der Waals surface area contributed by atoms with Crippen LogP contribution in [0, 0.1) is 11.8 Å². The molecule has 0 spiro atoms. The van der Waals surface area contributed by atoms with Crippen LogP contribution in [-0.2, 0) is 4.79 Å². The van der Waals surface area contributed by atoms with Crippen molar-refractivity contribution >= 4 is 5.91 Å². The van der Waals surface area contributed by atoms with Crippen molar-refractivity contribution in [2.45, 2.75) is 39.7 Å². The van der Waals surface area contributed by atoms with E-state index >= 15 is 0 Å². The van der Waals surface area contributed by atoms with E-state index in [1.165, 1.54) is 0 Å². The summed E-state index contributed by atoms with van der Waals surface area (Å²) in [4.78, 5) is 15.6. The van der Waals surface area contributed by atoms with Gasteiger partial charge in [0, 0.05) is 12.5 Å². The third-order valence-electron chi connectivity index (χ3n) is 3.20. The summed E-state index contributed by atoms with van der Waals surface area (Å²) in [7, 11) is 0. The Labute approximate surface area is 98.8 Å². The molecule has 90 valence electrons.